The third-order valence-electron chi connectivity index (χ3n) is 13.8. The molecule has 0 amide bonds. The molecule has 0 heterocycles. The summed E-state index contributed by atoms with van der Waals surface area (Å²) < 4.78 is 12.6. The summed E-state index contributed by atoms with van der Waals surface area (Å²) >= 11 is 0. The molecule has 4 aliphatic carbocycles. The molecule has 1 N–H and O–H groups in total. The van der Waals surface area contributed by atoms with E-state index in [0.717, 1.165) is 58.1 Å². The number of hydrogen-bond donors (Lipinski definition) is 1. The Morgan fingerprint density at radius 3 is 2.34 bits per heavy atom. The Bertz CT molecular complexity index is 1100. The predicted molar refractivity (Wildman–Crippen MR) is 184 cm³/mol. The molecule has 3 nitrogen and oxygen atoms in total. The number of hydrogen-bond acceptors (Lipinski definition) is 3. The minimum atomic E-state index is -0.0924. The van der Waals surface area contributed by atoms with Gasteiger partial charge in [0.15, 0.2) is 0 Å². The van der Waals surface area contributed by atoms with Gasteiger partial charge in [-0.05, 0) is 145 Å². The SMILES string of the molecule is Cc1cc(COCCOC2CC[C@@]3(C)C(CC[C@H]4[C@@H]5CC[C@H]([C@H](C)CCCC(C)C)[C@@]5(C)CC[C@@H]43)C2)cc(C(C)(C)C)c1O. The van der Waals surface area contributed by atoms with Crippen LogP contribution in [0.15, 0.2) is 12.1 Å². The molecule has 1 aromatic rings. The van der Waals surface area contributed by atoms with E-state index in [-0.39, 0.29) is 5.41 Å². The van der Waals surface area contributed by atoms with Crippen LogP contribution in [0.5, 0.6) is 5.75 Å². The molecule has 0 bridgehead atoms. The van der Waals surface area contributed by atoms with E-state index in [1.54, 1.807) is 0 Å². The van der Waals surface area contributed by atoms with Gasteiger partial charge in [-0.3, -0.25) is 0 Å². The average molecular weight is 609 g/mol. The predicted octanol–water partition coefficient (Wildman–Crippen LogP) is 11.0. The highest BCUT2D eigenvalue weighted by Crippen LogP contribution is 2.68. The van der Waals surface area contributed by atoms with Crippen LogP contribution in [0, 0.1) is 59.2 Å². The molecular formula is C41H68O3. The van der Waals surface area contributed by atoms with Gasteiger partial charge in [0.2, 0.25) is 0 Å². The first-order valence-corrected chi connectivity index (χ1v) is 18.8. The Balaban J connectivity index is 1.10. The molecule has 4 aliphatic rings. The van der Waals surface area contributed by atoms with Crippen molar-refractivity contribution in [2.75, 3.05) is 13.2 Å². The monoisotopic (exact) mass is 609 g/mol. The quantitative estimate of drug-likeness (QED) is 0.254. The van der Waals surface area contributed by atoms with Crippen LogP contribution in [-0.4, -0.2) is 24.4 Å². The van der Waals surface area contributed by atoms with Gasteiger partial charge >= 0.3 is 0 Å². The Morgan fingerprint density at radius 1 is 0.886 bits per heavy atom. The maximum absolute atomic E-state index is 10.5. The molecule has 0 radical (unpaired) electrons. The summed E-state index contributed by atoms with van der Waals surface area (Å²) in [6.45, 7) is 23.1. The third kappa shape index (κ3) is 6.95. The van der Waals surface area contributed by atoms with Crippen LogP contribution in [0.25, 0.3) is 0 Å². The van der Waals surface area contributed by atoms with E-state index in [1.807, 2.05) is 6.92 Å². The lowest BCUT2D eigenvalue weighted by atomic mass is 9.44. The summed E-state index contributed by atoms with van der Waals surface area (Å²) in [4.78, 5) is 0. The van der Waals surface area contributed by atoms with Crippen LogP contribution >= 0.6 is 0 Å². The second-order valence-electron chi connectivity index (χ2n) is 18.1. The first-order valence-electron chi connectivity index (χ1n) is 18.8. The normalized spacial score (nSPS) is 36.1. The molecule has 0 aromatic heterocycles. The maximum Gasteiger partial charge on any atom is 0.122 e. The van der Waals surface area contributed by atoms with Crippen LogP contribution in [0.4, 0.5) is 0 Å². The van der Waals surface area contributed by atoms with Crippen molar-refractivity contribution in [2.24, 2.45) is 52.3 Å². The van der Waals surface area contributed by atoms with E-state index >= 15 is 0 Å². The van der Waals surface area contributed by atoms with Crippen LogP contribution in [0.2, 0.25) is 0 Å². The molecule has 44 heavy (non-hydrogen) atoms. The summed E-state index contributed by atoms with van der Waals surface area (Å²) in [5, 5.41) is 10.5. The molecule has 3 heteroatoms. The van der Waals surface area contributed by atoms with Gasteiger partial charge in [0, 0.05) is 0 Å². The zero-order chi connectivity index (χ0) is 31.9. The molecule has 0 aliphatic heterocycles. The smallest absolute Gasteiger partial charge is 0.122 e. The summed E-state index contributed by atoms with van der Waals surface area (Å²) in [6, 6.07) is 4.16. The summed E-state index contributed by atoms with van der Waals surface area (Å²) in [5.74, 6) is 6.82. The Morgan fingerprint density at radius 2 is 1.61 bits per heavy atom. The third-order valence-corrected chi connectivity index (χ3v) is 13.8. The number of phenolic OH excluding ortho intramolecular Hbond substituents is 1. The Labute approximate surface area is 271 Å². The standard InChI is InChI=1S/C41H68O3/c1-27(2)11-10-12-28(3)34-15-16-35-33-14-13-31-25-32(17-19-40(31,8)36(33)18-20-41(34,35)9)44-22-21-43-26-30-23-29(4)38(42)37(24-30)39(5,6)7/h23-24,27-28,31-36,42H,10-22,25-26H2,1-9H3/t28-,31?,32?,33+,34-,35+,36+,40+,41-/m1/s1. The lowest BCUT2D eigenvalue weighted by Crippen LogP contribution is -2.54. The molecule has 0 saturated heterocycles. The molecule has 9 atom stereocenters. The summed E-state index contributed by atoms with van der Waals surface area (Å²) in [6.07, 6.45) is 17.3. The molecule has 250 valence electrons. The number of fused-ring (bicyclic) bond motifs is 5. The summed E-state index contributed by atoms with van der Waals surface area (Å²) in [5.41, 5.74) is 4.07. The van der Waals surface area contributed by atoms with E-state index in [4.69, 9.17) is 9.47 Å². The maximum atomic E-state index is 10.5. The lowest BCUT2D eigenvalue weighted by molar-refractivity contribution is -0.139. The second-order valence-corrected chi connectivity index (χ2v) is 18.1. The zero-order valence-electron chi connectivity index (χ0n) is 30.1. The fourth-order valence-electron chi connectivity index (χ4n) is 11.4. The molecule has 4 fully saturated rings. The highest BCUT2D eigenvalue weighted by molar-refractivity contribution is 5.46. The van der Waals surface area contributed by atoms with Gasteiger partial charge in [-0.15, -0.1) is 0 Å². The number of aryl methyl sites for hydroxylation is 1. The first kappa shape index (κ1) is 34.3. The molecule has 5 rings (SSSR count). The van der Waals surface area contributed by atoms with Gasteiger partial charge < -0.3 is 14.6 Å². The topological polar surface area (TPSA) is 38.7 Å². The lowest BCUT2D eigenvalue weighted by Gasteiger charge is -2.61. The van der Waals surface area contributed by atoms with Crippen LogP contribution in [0.3, 0.4) is 0 Å². The largest absolute Gasteiger partial charge is 0.507 e. The van der Waals surface area contributed by atoms with E-state index in [2.05, 4.69) is 67.5 Å². The van der Waals surface area contributed by atoms with Crippen molar-refractivity contribution in [3.63, 3.8) is 0 Å². The minimum absolute atomic E-state index is 0.0924. The van der Waals surface area contributed by atoms with Crippen molar-refractivity contribution in [1.82, 2.24) is 0 Å². The molecule has 1 aromatic carbocycles. The van der Waals surface area contributed by atoms with Crippen molar-refractivity contribution in [3.8, 4) is 5.75 Å². The minimum Gasteiger partial charge on any atom is -0.507 e. The van der Waals surface area contributed by atoms with Crippen molar-refractivity contribution < 1.29 is 14.6 Å². The van der Waals surface area contributed by atoms with E-state index in [9.17, 15) is 5.11 Å². The van der Waals surface area contributed by atoms with Crippen molar-refractivity contribution in [2.45, 2.75) is 157 Å². The molecular weight excluding hydrogens is 540 g/mol. The molecule has 0 spiro atoms. The van der Waals surface area contributed by atoms with Gasteiger partial charge in [-0.1, -0.05) is 80.7 Å². The highest BCUT2D eigenvalue weighted by Gasteiger charge is 2.60. The van der Waals surface area contributed by atoms with Gasteiger partial charge in [0.25, 0.3) is 0 Å². The zero-order valence-corrected chi connectivity index (χ0v) is 30.1. The van der Waals surface area contributed by atoms with E-state index < -0.39 is 0 Å². The van der Waals surface area contributed by atoms with Crippen molar-refractivity contribution in [1.29, 1.82) is 0 Å². The molecule has 4 saturated carbocycles. The van der Waals surface area contributed by atoms with E-state index in [1.165, 1.54) is 77.0 Å². The van der Waals surface area contributed by atoms with Crippen molar-refractivity contribution >= 4 is 0 Å². The Kier molecular flexibility index (Phi) is 10.6. The fourth-order valence-corrected chi connectivity index (χ4v) is 11.4. The fraction of sp³-hybridized carbons (Fsp3) is 0.854. The second kappa shape index (κ2) is 13.6. The van der Waals surface area contributed by atoms with Gasteiger partial charge in [-0.2, -0.15) is 0 Å². The number of phenols is 1. The number of rotatable bonds is 11. The van der Waals surface area contributed by atoms with Gasteiger partial charge in [-0.25, -0.2) is 0 Å². The van der Waals surface area contributed by atoms with Crippen LogP contribution < -0.4 is 0 Å². The number of benzene rings is 1. The van der Waals surface area contributed by atoms with E-state index in [0.29, 0.717) is 42.5 Å². The van der Waals surface area contributed by atoms with Crippen LogP contribution in [0.1, 0.15) is 149 Å². The first-order chi connectivity index (χ1) is 20.7. The summed E-state index contributed by atoms with van der Waals surface area (Å²) in [7, 11) is 0. The highest BCUT2D eigenvalue weighted by atomic mass is 16.5. The molecule has 2 unspecified atom stereocenters. The Hall–Kier alpha value is -1.06. The van der Waals surface area contributed by atoms with Gasteiger partial charge in [0.05, 0.1) is 25.9 Å². The van der Waals surface area contributed by atoms with Crippen LogP contribution in [-0.2, 0) is 21.5 Å². The van der Waals surface area contributed by atoms with Gasteiger partial charge in [0.1, 0.15) is 5.75 Å². The van der Waals surface area contributed by atoms with Crippen molar-refractivity contribution in [3.05, 3.63) is 28.8 Å². The number of aromatic hydroxyl groups is 1. The number of ether oxygens (including phenoxy) is 2. The average Bonchev–Trinajstić information content (AvgIpc) is 3.31.